The lowest BCUT2D eigenvalue weighted by Crippen LogP contribution is -2.08. The van der Waals surface area contributed by atoms with Crippen LogP contribution in [-0.4, -0.2) is 16.2 Å². The van der Waals surface area contributed by atoms with E-state index >= 15 is 0 Å². The number of para-hydroxylation sites is 2. The van der Waals surface area contributed by atoms with Gasteiger partial charge in [0.1, 0.15) is 11.6 Å². The number of rotatable bonds is 9. The molecule has 32 heavy (non-hydrogen) atoms. The lowest BCUT2D eigenvalue weighted by atomic mass is 10.0. The fourth-order valence-corrected chi connectivity index (χ4v) is 4.78. The lowest BCUT2D eigenvalue weighted by molar-refractivity contribution is 0.298. The Morgan fingerprint density at radius 3 is 2.59 bits per heavy atom. The predicted molar refractivity (Wildman–Crippen MR) is 136 cm³/mol. The summed E-state index contributed by atoms with van der Waals surface area (Å²) >= 11 is 7.80. The van der Waals surface area contributed by atoms with Crippen molar-refractivity contribution >= 4 is 34.4 Å². The van der Waals surface area contributed by atoms with Crippen LogP contribution in [0.25, 0.3) is 11.0 Å². The van der Waals surface area contributed by atoms with Gasteiger partial charge in [-0.05, 0) is 72.9 Å². The third kappa shape index (κ3) is 5.48. The van der Waals surface area contributed by atoms with Crippen LogP contribution in [0.4, 0.5) is 0 Å². The van der Waals surface area contributed by atoms with Crippen LogP contribution in [0, 0.1) is 6.92 Å². The van der Waals surface area contributed by atoms with Crippen molar-refractivity contribution in [3.8, 4) is 5.75 Å². The van der Waals surface area contributed by atoms with Gasteiger partial charge in [0, 0.05) is 16.5 Å². The van der Waals surface area contributed by atoms with E-state index in [-0.39, 0.29) is 0 Å². The van der Waals surface area contributed by atoms with Crippen molar-refractivity contribution in [3.05, 3.63) is 88.7 Å². The molecule has 0 aliphatic rings. The molecular weight excluding hydrogens is 436 g/mol. The van der Waals surface area contributed by atoms with E-state index < -0.39 is 0 Å². The number of imidazole rings is 1. The molecule has 4 aromatic rings. The van der Waals surface area contributed by atoms with Gasteiger partial charge in [0.2, 0.25) is 0 Å². The summed E-state index contributed by atoms with van der Waals surface area (Å²) in [5, 5.41) is 0.760. The Hall–Kier alpha value is -2.43. The number of benzene rings is 3. The second-order valence-corrected chi connectivity index (χ2v) is 9.79. The zero-order valence-electron chi connectivity index (χ0n) is 18.8. The SMILES string of the molecule is Cc1ccc(C(C)C)c(OCCCn2c(CSc3ccc(Cl)cc3)nc3ccccc32)c1. The summed E-state index contributed by atoms with van der Waals surface area (Å²) < 4.78 is 8.55. The molecule has 0 N–H and O–H groups in total. The van der Waals surface area contributed by atoms with Crippen LogP contribution in [0.1, 0.15) is 43.1 Å². The number of nitrogens with zero attached hydrogens (tertiary/aromatic N) is 2. The average Bonchev–Trinajstić information content (AvgIpc) is 3.13. The monoisotopic (exact) mass is 464 g/mol. The van der Waals surface area contributed by atoms with E-state index in [1.165, 1.54) is 21.5 Å². The Morgan fingerprint density at radius 1 is 1.03 bits per heavy atom. The molecule has 0 saturated carbocycles. The molecule has 0 spiro atoms. The van der Waals surface area contributed by atoms with Crippen LogP contribution in [0.3, 0.4) is 0 Å². The van der Waals surface area contributed by atoms with Crippen molar-refractivity contribution in [1.82, 2.24) is 9.55 Å². The average molecular weight is 465 g/mol. The summed E-state index contributed by atoms with van der Waals surface area (Å²) in [6.07, 6.45) is 0.921. The van der Waals surface area contributed by atoms with Crippen LogP contribution < -0.4 is 4.74 Å². The van der Waals surface area contributed by atoms with Crippen LogP contribution in [-0.2, 0) is 12.3 Å². The summed E-state index contributed by atoms with van der Waals surface area (Å²) in [4.78, 5) is 6.10. The van der Waals surface area contributed by atoms with Gasteiger partial charge in [-0.15, -0.1) is 11.8 Å². The summed E-state index contributed by atoms with van der Waals surface area (Å²) in [6, 6.07) is 22.8. The van der Waals surface area contributed by atoms with E-state index in [1.807, 2.05) is 18.2 Å². The molecule has 0 aliphatic carbocycles. The third-order valence-electron chi connectivity index (χ3n) is 5.49. The maximum absolute atomic E-state index is 6.22. The number of hydrogen-bond acceptors (Lipinski definition) is 3. The van der Waals surface area contributed by atoms with E-state index in [2.05, 4.69) is 73.9 Å². The quantitative estimate of drug-likeness (QED) is 0.186. The molecule has 3 aromatic carbocycles. The Bertz CT molecular complexity index is 1180. The minimum absolute atomic E-state index is 0.444. The van der Waals surface area contributed by atoms with E-state index in [4.69, 9.17) is 21.3 Å². The molecule has 0 radical (unpaired) electrons. The highest BCUT2D eigenvalue weighted by Gasteiger charge is 2.12. The first-order valence-electron chi connectivity index (χ1n) is 11.1. The topological polar surface area (TPSA) is 27.1 Å². The minimum atomic E-state index is 0.444. The van der Waals surface area contributed by atoms with E-state index in [9.17, 15) is 0 Å². The number of hydrogen-bond donors (Lipinski definition) is 0. The second kappa shape index (κ2) is 10.5. The molecule has 0 amide bonds. The van der Waals surface area contributed by atoms with Gasteiger partial charge < -0.3 is 9.30 Å². The molecule has 0 bridgehead atoms. The molecule has 0 fully saturated rings. The Balaban J connectivity index is 1.45. The van der Waals surface area contributed by atoms with Gasteiger partial charge in [0.05, 0.1) is 23.4 Å². The standard InChI is InChI=1S/C27H29ClN2OS/c1-19(2)23-14-9-20(3)17-26(23)31-16-6-15-30-25-8-5-4-7-24(25)29-27(30)18-32-22-12-10-21(28)11-13-22/h4-5,7-14,17,19H,6,15-16,18H2,1-3H3. The minimum Gasteiger partial charge on any atom is -0.493 e. The molecule has 4 rings (SSSR count). The van der Waals surface area contributed by atoms with Crippen LogP contribution in [0.2, 0.25) is 5.02 Å². The van der Waals surface area contributed by atoms with Gasteiger partial charge >= 0.3 is 0 Å². The predicted octanol–water partition coefficient (Wildman–Crippen LogP) is 7.88. The maximum Gasteiger partial charge on any atom is 0.123 e. The Morgan fingerprint density at radius 2 is 1.81 bits per heavy atom. The number of fused-ring (bicyclic) bond motifs is 1. The van der Waals surface area contributed by atoms with Crippen LogP contribution in [0.15, 0.2) is 71.6 Å². The summed E-state index contributed by atoms with van der Waals surface area (Å²) in [7, 11) is 0. The normalized spacial score (nSPS) is 11.4. The highest BCUT2D eigenvalue weighted by molar-refractivity contribution is 7.98. The molecule has 0 saturated heterocycles. The first-order valence-corrected chi connectivity index (χ1v) is 12.4. The zero-order valence-corrected chi connectivity index (χ0v) is 20.4. The van der Waals surface area contributed by atoms with Gasteiger partial charge in [-0.25, -0.2) is 4.98 Å². The van der Waals surface area contributed by atoms with Crippen molar-refractivity contribution < 1.29 is 4.74 Å². The van der Waals surface area contributed by atoms with Gasteiger partial charge in [-0.2, -0.15) is 0 Å². The van der Waals surface area contributed by atoms with Gasteiger partial charge in [-0.1, -0.05) is 49.7 Å². The molecule has 0 unspecified atom stereocenters. The zero-order chi connectivity index (χ0) is 22.5. The van der Waals surface area contributed by atoms with E-state index in [0.29, 0.717) is 12.5 Å². The highest BCUT2D eigenvalue weighted by atomic mass is 35.5. The molecule has 166 valence electrons. The third-order valence-corrected chi connectivity index (χ3v) is 6.75. The number of thioether (sulfide) groups is 1. The molecule has 0 aliphatic heterocycles. The molecule has 0 atom stereocenters. The van der Waals surface area contributed by atoms with E-state index in [0.717, 1.165) is 40.8 Å². The van der Waals surface area contributed by atoms with Gasteiger partial charge in [0.25, 0.3) is 0 Å². The fraction of sp³-hybridized carbons (Fsp3) is 0.296. The highest BCUT2D eigenvalue weighted by Crippen LogP contribution is 2.28. The van der Waals surface area contributed by atoms with Gasteiger partial charge in [-0.3, -0.25) is 0 Å². The van der Waals surface area contributed by atoms with Crippen molar-refractivity contribution in [2.45, 2.75) is 50.3 Å². The van der Waals surface area contributed by atoms with Gasteiger partial charge in [0.15, 0.2) is 0 Å². The Labute approximate surface area is 199 Å². The molecule has 5 heteroatoms. The number of ether oxygens (including phenoxy) is 1. The molecule has 1 heterocycles. The van der Waals surface area contributed by atoms with Crippen molar-refractivity contribution in [1.29, 1.82) is 0 Å². The van der Waals surface area contributed by atoms with Crippen molar-refractivity contribution in [3.63, 3.8) is 0 Å². The second-order valence-electron chi connectivity index (χ2n) is 8.31. The molecular formula is C27H29ClN2OS. The van der Waals surface area contributed by atoms with Crippen LogP contribution >= 0.6 is 23.4 Å². The molecule has 3 nitrogen and oxygen atoms in total. The van der Waals surface area contributed by atoms with Crippen LogP contribution in [0.5, 0.6) is 5.75 Å². The summed E-state index contributed by atoms with van der Waals surface area (Å²) in [6.45, 7) is 8.08. The first kappa shape index (κ1) is 22.8. The largest absolute Gasteiger partial charge is 0.493 e. The maximum atomic E-state index is 6.22. The first-order chi connectivity index (χ1) is 15.5. The summed E-state index contributed by atoms with van der Waals surface area (Å²) in [5.41, 5.74) is 4.72. The fourth-order valence-electron chi connectivity index (χ4n) is 3.81. The molecule has 1 aromatic heterocycles. The summed E-state index contributed by atoms with van der Waals surface area (Å²) in [5.74, 6) is 3.35. The smallest absolute Gasteiger partial charge is 0.123 e. The van der Waals surface area contributed by atoms with E-state index in [1.54, 1.807) is 11.8 Å². The van der Waals surface area contributed by atoms with Crippen molar-refractivity contribution in [2.75, 3.05) is 6.61 Å². The number of halogens is 1. The van der Waals surface area contributed by atoms with Crippen molar-refractivity contribution in [2.24, 2.45) is 0 Å². The number of aryl methyl sites for hydroxylation is 2. The Kier molecular flexibility index (Phi) is 7.44. The number of aromatic nitrogens is 2. The lowest BCUT2D eigenvalue weighted by Gasteiger charge is -2.15.